The molecule has 0 bridgehead atoms. The van der Waals surface area contributed by atoms with E-state index >= 15 is 0 Å². The summed E-state index contributed by atoms with van der Waals surface area (Å²) in [6.45, 7) is 1.36. The monoisotopic (exact) mass is 246 g/mol. The van der Waals surface area contributed by atoms with Gasteiger partial charge in [-0.3, -0.25) is 4.79 Å². The van der Waals surface area contributed by atoms with E-state index in [-0.39, 0.29) is 5.91 Å². The fourth-order valence-electron chi connectivity index (χ4n) is 1.18. The normalized spacial score (nSPS) is 10.3. The van der Waals surface area contributed by atoms with Gasteiger partial charge in [-0.15, -0.1) is 11.3 Å². The van der Waals surface area contributed by atoms with Crippen LogP contribution >= 0.6 is 22.9 Å². The zero-order valence-corrected chi connectivity index (χ0v) is 10.5. The number of hydrogen-bond donors (Lipinski definition) is 1. The second kappa shape index (κ2) is 6.10. The number of hydrogen-bond acceptors (Lipinski definition) is 3. The van der Waals surface area contributed by atoms with Gasteiger partial charge in [0.25, 0.3) is 0 Å². The largest absolute Gasteiger partial charge is 0.341 e. The predicted molar refractivity (Wildman–Crippen MR) is 64.3 cm³/mol. The van der Waals surface area contributed by atoms with Gasteiger partial charge in [0.1, 0.15) is 0 Å². The number of halogens is 1. The molecule has 1 aromatic rings. The van der Waals surface area contributed by atoms with Gasteiger partial charge in [-0.1, -0.05) is 11.6 Å². The molecule has 0 radical (unpaired) electrons. The van der Waals surface area contributed by atoms with Gasteiger partial charge >= 0.3 is 0 Å². The highest BCUT2D eigenvalue weighted by Gasteiger charge is 2.09. The molecule has 1 rings (SSSR count). The fraction of sp³-hybridized carbons (Fsp3) is 0.500. The molecular formula is C10H15ClN2OS. The summed E-state index contributed by atoms with van der Waals surface area (Å²) < 4.78 is 0.765. The lowest BCUT2D eigenvalue weighted by Gasteiger charge is -2.15. The van der Waals surface area contributed by atoms with Crippen molar-refractivity contribution in [1.82, 2.24) is 10.2 Å². The average molecular weight is 247 g/mol. The van der Waals surface area contributed by atoms with Crippen LogP contribution in [0.25, 0.3) is 0 Å². The van der Waals surface area contributed by atoms with Crippen molar-refractivity contribution in [3.05, 3.63) is 21.3 Å². The molecular weight excluding hydrogens is 232 g/mol. The van der Waals surface area contributed by atoms with Crippen molar-refractivity contribution >= 4 is 28.8 Å². The first-order valence-electron chi connectivity index (χ1n) is 4.76. The standard InChI is InChI=1S/C10H15ClN2OS/c1-12-6-5-10(14)13(2)7-8-3-4-9(11)15-8/h3-4,12H,5-7H2,1-2H3. The molecule has 1 heterocycles. The molecule has 0 saturated heterocycles. The van der Waals surface area contributed by atoms with Crippen LogP contribution in [0, 0.1) is 0 Å². The molecule has 5 heteroatoms. The van der Waals surface area contributed by atoms with Crippen LogP contribution in [0.3, 0.4) is 0 Å². The summed E-state index contributed by atoms with van der Waals surface area (Å²) in [6.07, 6.45) is 0.534. The molecule has 84 valence electrons. The van der Waals surface area contributed by atoms with Gasteiger partial charge in [-0.2, -0.15) is 0 Å². The van der Waals surface area contributed by atoms with Crippen molar-refractivity contribution in [3.63, 3.8) is 0 Å². The third-order valence-electron chi connectivity index (χ3n) is 2.04. The number of rotatable bonds is 5. The van der Waals surface area contributed by atoms with Crippen LogP contribution < -0.4 is 5.32 Å². The Balaban J connectivity index is 2.41. The molecule has 1 N–H and O–H groups in total. The van der Waals surface area contributed by atoms with Crippen LogP contribution in [-0.2, 0) is 11.3 Å². The smallest absolute Gasteiger partial charge is 0.223 e. The van der Waals surface area contributed by atoms with E-state index in [1.807, 2.05) is 26.2 Å². The van der Waals surface area contributed by atoms with Gasteiger partial charge in [0, 0.05) is 24.9 Å². The first-order chi connectivity index (χ1) is 7.13. The Labute approximate surface area is 99.0 Å². The summed E-state index contributed by atoms with van der Waals surface area (Å²) in [5.74, 6) is 0.147. The fourth-order valence-corrected chi connectivity index (χ4v) is 2.32. The lowest BCUT2D eigenvalue weighted by Crippen LogP contribution is -2.28. The summed E-state index contributed by atoms with van der Waals surface area (Å²) in [7, 11) is 3.65. The Morgan fingerprint density at radius 3 is 2.87 bits per heavy atom. The van der Waals surface area contributed by atoms with Crippen molar-refractivity contribution in [2.24, 2.45) is 0 Å². The Hall–Kier alpha value is -0.580. The Kier molecular flexibility index (Phi) is 5.08. The maximum atomic E-state index is 11.6. The van der Waals surface area contributed by atoms with E-state index in [1.54, 1.807) is 4.90 Å². The van der Waals surface area contributed by atoms with Crippen LogP contribution in [0.1, 0.15) is 11.3 Å². The number of thiophene rings is 1. The number of nitrogens with one attached hydrogen (secondary N) is 1. The van der Waals surface area contributed by atoms with Crippen molar-refractivity contribution in [2.75, 3.05) is 20.6 Å². The molecule has 0 fully saturated rings. The van der Waals surface area contributed by atoms with E-state index in [4.69, 9.17) is 11.6 Å². The topological polar surface area (TPSA) is 32.3 Å². The summed E-state index contributed by atoms with van der Waals surface area (Å²) in [4.78, 5) is 14.4. The van der Waals surface area contributed by atoms with E-state index in [2.05, 4.69) is 5.32 Å². The molecule has 0 spiro atoms. The molecule has 0 saturated carbocycles. The van der Waals surface area contributed by atoms with Gasteiger partial charge < -0.3 is 10.2 Å². The van der Waals surface area contributed by atoms with Crippen molar-refractivity contribution in [2.45, 2.75) is 13.0 Å². The predicted octanol–water partition coefficient (Wildman–Crippen LogP) is 1.97. The second-order valence-electron chi connectivity index (χ2n) is 3.31. The lowest BCUT2D eigenvalue weighted by molar-refractivity contribution is -0.130. The quantitative estimate of drug-likeness (QED) is 0.862. The molecule has 0 aliphatic rings. The van der Waals surface area contributed by atoms with Crippen molar-refractivity contribution < 1.29 is 4.79 Å². The molecule has 0 aliphatic heterocycles. The second-order valence-corrected chi connectivity index (χ2v) is 5.11. The van der Waals surface area contributed by atoms with Gasteiger partial charge in [0.2, 0.25) is 5.91 Å². The Morgan fingerprint density at radius 1 is 1.60 bits per heavy atom. The van der Waals surface area contributed by atoms with E-state index in [9.17, 15) is 4.79 Å². The molecule has 15 heavy (non-hydrogen) atoms. The van der Waals surface area contributed by atoms with Crippen LogP contribution in [0.15, 0.2) is 12.1 Å². The first kappa shape index (κ1) is 12.5. The zero-order valence-electron chi connectivity index (χ0n) is 8.92. The van der Waals surface area contributed by atoms with Gasteiger partial charge in [0.15, 0.2) is 0 Å². The van der Waals surface area contributed by atoms with Gasteiger partial charge in [-0.05, 0) is 19.2 Å². The highest BCUT2D eigenvalue weighted by Crippen LogP contribution is 2.22. The van der Waals surface area contributed by atoms with Crippen LogP contribution in [0.4, 0.5) is 0 Å². The maximum absolute atomic E-state index is 11.6. The van der Waals surface area contributed by atoms with E-state index in [0.717, 1.165) is 9.21 Å². The Morgan fingerprint density at radius 2 is 2.33 bits per heavy atom. The molecule has 0 unspecified atom stereocenters. The van der Waals surface area contributed by atoms with E-state index in [0.29, 0.717) is 19.5 Å². The van der Waals surface area contributed by atoms with Gasteiger partial charge in [-0.25, -0.2) is 0 Å². The average Bonchev–Trinajstić information content (AvgIpc) is 2.60. The summed E-state index contributed by atoms with van der Waals surface area (Å²) >= 11 is 7.33. The first-order valence-corrected chi connectivity index (χ1v) is 5.95. The number of nitrogens with zero attached hydrogens (tertiary/aromatic N) is 1. The minimum atomic E-state index is 0.147. The third kappa shape index (κ3) is 4.20. The van der Waals surface area contributed by atoms with Crippen molar-refractivity contribution in [3.8, 4) is 0 Å². The molecule has 1 aromatic heterocycles. The minimum absolute atomic E-state index is 0.147. The highest BCUT2D eigenvalue weighted by molar-refractivity contribution is 7.16. The molecule has 0 atom stereocenters. The SMILES string of the molecule is CNCCC(=O)N(C)Cc1ccc(Cl)s1. The number of carbonyl (C=O) groups is 1. The summed E-state index contributed by atoms with van der Waals surface area (Å²) in [6, 6.07) is 3.81. The summed E-state index contributed by atoms with van der Waals surface area (Å²) in [5, 5.41) is 2.96. The zero-order chi connectivity index (χ0) is 11.3. The molecule has 0 aromatic carbocycles. The van der Waals surface area contributed by atoms with Crippen molar-refractivity contribution in [1.29, 1.82) is 0 Å². The highest BCUT2D eigenvalue weighted by atomic mass is 35.5. The van der Waals surface area contributed by atoms with E-state index in [1.165, 1.54) is 11.3 Å². The molecule has 3 nitrogen and oxygen atoms in total. The lowest BCUT2D eigenvalue weighted by atomic mass is 10.3. The third-order valence-corrected chi connectivity index (χ3v) is 3.25. The van der Waals surface area contributed by atoms with E-state index < -0.39 is 0 Å². The summed E-state index contributed by atoms with van der Waals surface area (Å²) in [5.41, 5.74) is 0. The van der Waals surface area contributed by atoms with Crippen LogP contribution in [0.5, 0.6) is 0 Å². The van der Waals surface area contributed by atoms with Crippen LogP contribution in [-0.4, -0.2) is 31.4 Å². The number of carbonyl (C=O) groups excluding carboxylic acids is 1. The Bertz CT molecular complexity index is 327. The molecule has 1 amide bonds. The van der Waals surface area contributed by atoms with Crippen LogP contribution in [0.2, 0.25) is 4.34 Å². The number of amides is 1. The molecule has 0 aliphatic carbocycles. The minimum Gasteiger partial charge on any atom is -0.341 e. The maximum Gasteiger partial charge on any atom is 0.223 e. The van der Waals surface area contributed by atoms with Gasteiger partial charge in [0.05, 0.1) is 10.9 Å².